The first-order valence-corrected chi connectivity index (χ1v) is 4.06. The normalized spacial score (nSPS) is 12.6. The molecule has 0 aliphatic carbocycles. The van der Waals surface area contributed by atoms with Gasteiger partial charge in [-0.05, 0) is 6.92 Å². The molecular formula is C8H13N3O3. The van der Waals surface area contributed by atoms with E-state index in [2.05, 4.69) is 4.98 Å². The highest BCUT2D eigenvalue weighted by Crippen LogP contribution is 2.21. The molecule has 0 aliphatic rings. The fraction of sp³-hybridized carbons (Fsp3) is 0.500. The van der Waals surface area contributed by atoms with Crippen LogP contribution in [0.4, 0.5) is 6.01 Å². The lowest BCUT2D eigenvalue weighted by Crippen LogP contribution is -2.20. The Labute approximate surface area is 81.3 Å². The maximum atomic E-state index is 10.6. The van der Waals surface area contributed by atoms with Crippen LogP contribution in [0.3, 0.4) is 0 Å². The van der Waals surface area contributed by atoms with Gasteiger partial charge in [-0.25, -0.2) is 0 Å². The van der Waals surface area contributed by atoms with Crippen LogP contribution in [0.15, 0.2) is 4.42 Å². The topological polar surface area (TPSA) is 92.6 Å². The Hall–Kier alpha value is -1.56. The van der Waals surface area contributed by atoms with E-state index in [0.717, 1.165) is 0 Å². The van der Waals surface area contributed by atoms with Gasteiger partial charge in [-0.1, -0.05) is 0 Å². The monoisotopic (exact) mass is 199 g/mol. The molecule has 3 N–H and O–H groups in total. The molecule has 0 aliphatic heterocycles. The molecule has 1 aromatic rings. The van der Waals surface area contributed by atoms with E-state index >= 15 is 0 Å². The van der Waals surface area contributed by atoms with Gasteiger partial charge in [0.1, 0.15) is 0 Å². The maximum Gasteiger partial charge on any atom is 0.328 e. The number of nitrogens with two attached hydrogens (primary N) is 1. The van der Waals surface area contributed by atoms with Crippen molar-refractivity contribution in [1.82, 2.24) is 4.98 Å². The highest BCUT2D eigenvalue weighted by Gasteiger charge is 2.23. The number of aromatic nitrogens is 1. The quantitative estimate of drug-likeness (QED) is 0.719. The molecule has 1 heterocycles. The van der Waals surface area contributed by atoms with E-state index in [9.17, 15) is 4.79 Å². The first-order valence-electron chi connectivity index (χ1n) is 4.06. The molecule has 0 aromatic carbocycles. The number of carboxylic acids is 1. The molecule has 1 aromatic heterocycles. The van der Waals surface area contributed by atoms with Crippen LogP contribution in [0.25, 0.3) is 0 Å². The molecule has 6 heteroatoms. The molecule has 1 unspecified atom stereocenters. The minimum Gasteiger partial charge on any atom is -0.480 e. The molecule has 0 bridgehead atoms. The standard InChI is InChI=1S/C8H13N3O3/c1-4-6(5(9)7(12)13)14-8(10-4)11(2)3/h5H,9H2,1-3H3,(H,12,13). The third-order valence-electron chi connectivity index (χ3n) is 1.75. The Balaban J connectivity index is 3.04. The van der Waals surface area contributed by atoms with Crippen molar-refractivity contribution in [2.24, 2.45) is 5.73 Å². The first kappa shape index (κ1) is 10.5. The average molecular weight is 199 g/mol. The first-order chi connectivity index (χ1) is 6.43. The van der Waals surface area contributed by atoms with Crippen LogP contribution in [0.5, 0.6) is 0 Å². The summed E-state index contributed by atoms with van der Waals surface area (Å²) in [6.45, 7) is 1.66. The molecule has 1 atom stereocenters. The Kier molecular flexibility index (Phi) is 2.76. The smallest absolute Gasteiger partial charge is 0.328 e. The van der Waals surface area contributed by atoms with Crippen LogP contribution in [0.1, 0.15) is 17.5 Å². The summed E-state index contributed by atoms with van der Waals surface area (Å²) in [7, 11) is 3.50. The van der Waals surface area contributed by atoms with Crippen LogP contribution in [0.2, 0.25) is 0 Å². The Bertz CT molecular complexity index is 346. The van der Waals surface area contributed by atoms with Crippen LogP contribution >= 0.6 is 0 Å². The zero-order valence-electron chi connectivity index (χ0n) is 8.31. The predicted octanol–water partition coefficient (Wildman–Crippen LogP) is 0.133. The molecule has 0 amide bonds. The highest BCUT2D eigenvalue weighted by atomic mass is 16.4. The summed E-state index contributed by atoms with van der Waals surface area (Å²) in [6, 6.07) is -0.801. The summed E-state index contributed by atoms with van der Waals surface area (Å²) in [4.78, 5) is 16.3. The lowest BCUT2D eigenvalue weighted by Gasteiger charge is -2.05. The van der Waals surface area contributed by atoms with E-state index in [4.69, 9.17) is 15.3 Å². The van der Waals surface area contributed by atoms with Crippen LogP contribution in [-0.2, 0) is 4.79 Å². The fourth-order valence-electron chi connectivity index (χ4n) is 0.986. The van der Waals surface area contributed by atoms with Gasteiger partial charge in [-0.15, -0.1) is 0 Å². The number of anilines is 1. The van der Waals surface area contributed by atoms with Gasteiger partial charge in [-0.3, -0.25) is 4.79 Å². The van der Waals surface area contributed by atoms with Crippen molar-refractivity contribution in [2.45, 2.75) is 13.0 Å². The average Bonchev–Trinajstić information content (AvgIpc) is 2.46. The van der Waals surface area contributed by atoms with Crippen molar-refractivity contribution in [2.75, 3.05) is 19.0 Å². The van der Waals surface area contributed by atoms with Crippen LogP contribution < -0.4 is 10.6 Å². The number of aliphatic carboxylic acids is 1. The molecule has 14 heavy (non-hydrogen) atoms. The predicted molar refractivity (Wildman–Crippen MR) is 50.1 cm³/mol. The van der Waals surface area contributed by atoms with Gasteiger partial charge in [0.15, 0.2) is 11.8 Å². The molecule has 0 saturated heterocycles. The van der Waals surface area contributed by atoms with Crippen LogP contribution in [0, 0.1) is 6.92 Å². The molecule has 1 rings (SSSR count). The van der Waals surface area contributed by atoms with E-state index in [1.807, 2.05) is 0 Å². The lowest BCUT2D eigenvalue weighted by atomic mass is 10.2. The minimum atomic E-state index is -1.16. The van der Waals surface area contributed by atoms with Crippen molar-refractivity contribution in [3.05, 3.63) is 11.5 Å². The Morgan fingerprint density at radius 2 is 2.21 bits per heavy atom. The number of oxazole rings is 1. The maximum absolute atomic E-state index is 10.6. The summed E-state index contributed by atoms with van der Waals surface area (Å²) >= 11 is 0. The molecule has 0 radical (unpaired) electrons. The third-order valence-corrected chi connectivity index (χ3v) is 1.75. The number of carbonyl (C=O) groups is 1. The SMILES string of the molecule is Cc1nc(N(C)C)oc1C(N)C(=O)O. The second kappa shape index (κ2) is 3.67. The summed E-state index contributed by atoms with van der Waals surface area (Å²) < 4.78 is 5.21. The summed E-state index contributed by atoms with van der Waals surface area (Å²) in [6.07, 6.45) is 0. The van der Waals surface area contributed by atoms with E-state index in [-0.39, 0.29) is 5.76 Å². The molecule has 78 valence electrons. The Morgan fingerprint density at radius 3 is 2.57 bits per heavy atom. The molecule has 0 saturated carbocycles. The molecule has 0 fully saturated rings. The van der Waals surface area contributed by atoms with Gasteiger partial charge in [0.05, 0.1) is 5.69 Å². The fourth-order valence-corrected chi connectivity index (χ4v) is 0.986. The van der Waals surface area contributed by atoms with Gasteiger partial charge < -0.3 is 20.2 Å². The van der Waals surface area contributed by atoms with Crippen molar-refractivity contribution >= 4 is 12.0 Å². The molecule has 6 nitrogen and oxygen atoms in total. The van der Waals surface area contributed by atoms with Gasteiger partial charge in [-0.2, -0.15) is 4.98 Å². The summed E-state index contributed by atoms with van der Waals surface area (Å²) in [5.41, 5.74) is 5.90. The summed E-state index contributed by atoms with van der Waals surface area (Å²) in [5.74, 6) is -0.934. The number of carboxylic acid groups (broad SMARTS) is 1. The number of rotatable bonds is 3. The van der Waals surface area contributed by atoms with Crippen molar-refractivity contribution < 1.29 is 14.3 Å². The van der Waals surface area contributed by atoms with Crippen molar-refractivity contribution in [3.8, 4) is 0 Å². The van der Waals surface area contributed by atoms with Gasteiger partial charge in [0.2, 0.25) is 0 Å². The number of hydrogen-bond acceptors (Lipinski definition) is 5. The number of aryl methyl sites for hydroxylation is 1. The van der Waals surface area contributed by atoms with Crippen molar-refractivity contribution in [1.29, 1.82) is 0 Å². The van der Waals surface area contributed by atoms with Gasteiger partial charge in [0.25, 0.3) is 6.01 Å². The molecular weight excluding hydrogens is 186 g/mol. The third kappa shape index (κ3) is 1.85. The number of hydrogen-bond donors (Lipinski definition) is 2. The van der Waals surface area contributed by atoms with E-state index < -0.39 is 12.0 Å². The van der Waals surface area contributed by atoms with E-state index in [1.54, 1.807) is 25.9 Å². The minimum absolute atomic E-state index is 0.196. The lowest BCUT2D eigenvalue weighted by molar-refractivity contribution is -0.139. The second-order valence-electron chi connectivity index (χ2n) is 3.16. The summed E-state index contributed by atoms with van der Waals surface area (Å²) in [5, 5.41) is 8.68. The zero-order chi connectivity index (χ0) is 10.9. The zero-order valence-corrected chi connectivity index (χ0v) is 8.31. The van der Waals surface area contributed by atoms with Gasteiger partial charge >= 0.3 is 5.97 Å². The van der Waals surface area contributed by atoms with Crippen molar-refractivity contribution in [3.63, 3.8) is 0 Å². The largest absolute Gasteiger partial charge is 0.480 e. The van der Waals surface area contributed by atoms with E-state index in [1.165, 1.54) is 0 Å². The molecule has 0 spiro atoms. The number of nitrogens with zero attached hydrogens (tertiary/aromatic N) is 2. The van der Waals surface area contributed by atoms with E-state index in [0.29, 0.717) is 11.7 Å². The van der Waals surface area contributed by atoms with Crippen LogP contribution in [-0.4, -0.2) is 30.2 Å². The Morgan fingerprint density at radius 1 is 1.64 bits per heavy atom. The van der Waals surface area contributed by atoms with Gasteiger partial charge in [0, 0.05) is 14.1 Å². The highest BCUT2D eigenvalue weighted by molar-refractivity contribution is 5.74. The second-order valence-corrected chi connectivity index (χ2v) is 3.16.